The van der Waals surface area contributed by atoms with E-state index in [9.17, 15) is 19.1 Å². The first kappa shape index (κ1) is 23.4. The zero-order chi connectivity index (χ0) is 24.0. The molecule has 0 spiro atoms. The van der Waals surface area contributed by atoms with Crippen LogP contribution >= 0.6 is 22.6 Å². The van der Waals surface area contributed by atoms with Gasteiger partial charge in [-0.15, -0.1) is 0 Å². The van der Waals surface area contributed by atoms with E-state index in [2.05, 4.69) is 26.3 Å². The molecule has 0 amide bonds. The van der Waals surface area contributed by atoms with Gasteiger partial charge in [-0.25, -0.2) is 14.4 Å². The first-order valence-electron chi connectivity index (χ1n) is 10.0. The van der Waals surface area contributed by atoms with E-state index in [0.717, 1.165) is 13.0 Å². The third-order valence-electron chi connectivity index (χ3n) is 5.71. The predicted molar refractivity (Wildman–Crippen MR) is 123 cm³/mol. The van der Waals surface area contributed by atoms with Crippen LogP contribution in [0.3, 0.4) is 0 Å². The standard InChI is InChI=1S/C22H19F3IN5O2/c1-11(32)22(24,25)14-5-3-4-12(16(14)23)17(26)30-18-13-8-15(21(9-27)6-7-21)20(33-2)31-19(13)29-10-28-18/h3-5,8,10-11,17,32H,6-7H2,1-2H3,(H,28,29,30,31)/t11-,17+/m1/s1. The average Bonchev–Trinajstić information content (AvgIpc) is 3.59. The van der Waals surface area contributed by atoms with E-state index < -0.39 is 32.9 Å². The molecule has 0 radical (unpaired) electrons. The van der Waals surface area contributed by atoms with E-state index in [-0.39, 0.29) is 5.56 Å². The molecule has 0 bridgehead atoms. The van der Waals surface area contributed by atoms with Crippen LogP contribution in [0.1, 0.15) is 40.5 Å². The number of rotatable bonds is 7. The van der Waals surface area contributed by atoms with Crippen LogP contribution in [0, 0.1) is 17.1 Å². The summed E-state index contributed by atoms with van der Waals surface area (Å²) in [6.07, 6.45) is 0.566. The number of ether oxygens (including phenoxy) is 1. The molecule has 11 heteroatoms. The number of aromatic nitrogens is 3. The Bertz CT molecular complexity index is 1260. The van der Waals surface area contributed by atoms with Gasteiger partial charge >= 0.3 is 5.92 Å². The highest BCUT2D eigenvalue weighted by molar-refractivity contribution is 14.1. The second-order valence-corrected chi connectivity index (χ2v) is 9.09. The Kier molecular flexibility index (Phi) is 6.09. The molecule has 1 aliphatic carbocycles. The van der Waals surface area contributed by atoms with Gasteiger partial charge in [0.25, 0.3) is 0 Å². The summed E-state index contributed by atoms with van der Waals surface area (Å²) in [6.45, 7) is 0.908. The highest BCUT2D eigenvalue weighted by Crippen LogP contribution is 2.51. The number of halogens is 4. The summed E-state index contributed by atoms with van der Waals surface area (Å²) in [4.78, 5) is 12.8. The minimum atomic E-state index is -3.75. The van der Waals surface area contributed by atoms with Gasteiger partial charge in [-0.2, -0.15) is 19.0 Å². The van der Waals surface area contributed by atoms with Crippen molar-refractivity contribution in [3.63, 3.8) is 0 Å². The number of aliphatic hydroxyl groups excluding tert-OH is 1. The smallest absolute Gasteiger partial charge is 0.301 e. The zero-order valence-electron chi connectivity index (χ0n) is 17.6. The van der Waals surface area contributed by atoms with Crippen molar-refractivity contribution in [2.24, 2.45) is 0 Å². The Morgan fingerprint density at radius 3 is 2.67 bits per heavy atom. The van der Waals surface area contributed by atoms with Gasteiger partial charge in [0.15, 0.2) is 5.65 Å². The molecule has 1 saturated carbocycles. The zero-order valence-corrected chi connectivity index (χ0v) is 19.8. The lowest BCUT2D eigenvalue weighted by Gasteiger charge is -2.23. The Balaban J connectivity index is 1.75. The number of aliphatic hydroxyl groups is 1. The summed E-state index contributed by atoms with van der Waals surface area (Å²) in [5.74, 6) is -4.26. The number of pyridine rings is 1. The van der Waals surface area contributed by atoms with Crippen LogP contribution in [-0.4, -0.2) is 33.3 Å². The second-order valence-electron chi connectivity index (χ2n) is 7.85. The van der Waals surface area contributed by atoms with Gasteiger partial charge in [-0.3, -0.25) is 0 Å². The minimum absolute atomic E-state index is 0.0300. The molecule has 2 atom stereocenters. The van der Waals surface area contributed by atoms with Crippen LogP contribution in [0.25, 0.3) is 11.0 Å². The quantitative estimate of drug-likeness (QED) is 0.241. The molecule has 2 heterocycles. The molecule has 7 nitrogen and oxygen atoms in total. The predicted octanol–water partition coefficient (Wildman–Crippen LogP) is 4.75. The third-order valence-corrected chi connectivity index (χ3v) is 6.69. The molecule has 2 aromatic heterocycles. The normalized spacial score (nSPS) is 16.7. The van der Waals surface area contributed by atoms with Crippen LogP contribution in [-0.2, 0) is 11.3 Å². The first-order chi connectivity index (χ1) is 15.6. The van der Waals surface area contributed by atoms with Crippen molar-refractivity contribution in [1.29, 1.82) is 5.26 Å². The molecule has 2 N–H and O–H groups in total. The molecular weight excluding hydrogens is 550 g/mol. The molecule has 0 unspecified atom stereocenters. The molecule has 0 saturated heterocycles. The number of nitrogens with zero attached hydrogens (tertiary/aromatic N) is 4. The summed E-state index contributed by atoms with van der Waals surface area (Å²) in [7, 11) is 1.46. The van der Waals surface area contributed by atoms with Crippen LogP contribution in [0.2, 0.25) is 0 Å². The maximum atomic E-state index is 15.0. The number of hydrogen-bond donors (Lipinski definition) is 2. The van der Waals surface area contributed by atoms with Crippen LogP contribution in [0.15, 0.2) is 30.6 Å². The fourth-order valence-corrected chi connectivity index (χ4v) is 4.35. The van der Waals surface area contributed by atoms with E-state index in [0.29, 0.717) is 41.1 Å². The lowest BCUT2D eigenvalue weighted by Crippen LogP contribution is -2.29. The third kappa shape index (κ3) is 4.06. The molecule has 1 aromatic carbocycles. The number of benzene rings is 1. The van der Waals surface area contributed by atoms with Gasteiger partial charge in [-0.05, 0) is 31.9 Å². The van der Waals surface area contributed by atoms with Crippen molar-refractivity contribution in [3.8, 4) is 11.9 Å². The van der Waals surface area contributed by atoms with E-state index in [1.165, 1.54) is 25.6 Å². The fourth-order valence-electron chi connectivity index (χ4n) is 3.58. The van der Waals surface area contributed by atoms with Crippen molar-refractivity contribution in [3.05, 3.63) is 53.1 Å². The van der Waals surface area contributed by atoms with Gasteiger partial charge in [0, 0.05) is 11.1 Å². The highest BCUT2D eigenvalue weighted by Gasteiger charge is 2.48. The van der Waals surface area contributed by atoms with E-state index in [4.69, 9.17) is 4.74 Å². The van der Waals surface area contributed by atoms with Crippen molar-refractivity contribution >= 4 is 39.4 Å². The summed E-state index contributed by atoms with van der Waals surface area (Å²) in [5, 5.41) is 22.6. The van der Waals surface area contributed by atoms with Crippen molar-refractivity contribution in [1.82, 2.24) is 15.0 Å². The first-order valence-corrected chi connectivity index (χ1v) is 11.3. The van der Waals surface area contributed by atoms with Crippen LogP contribution < -0.4 is 10.1 Å². The van der Waals surface area contributed by atoms with Gasteiger partial charge in [-0.1, -0.05) is 34.7 Å². The van der Waals surface area contributed by atoms with E-state index in [1.807, 2.05) is 22.6 Å². The van der Waals surface area contributed by atoms with Crippen molar-refractivity contribution in [2.75, 3.05) is 12.4 Å². The van der Waals surface area contributed by atoms with Gasteiger partial charge < -0.3 is 15.2 Å². The lowest BCUT2D eigenvalue weighted by molar-refractivity contribution is -0.108. The van der Waals surface area contributed by atoms with Gasteiger partial charge in [0.1, 0.15) is 28.1 Å². The fraction of sp³-hybridized carbons (Fsp3) is 0.364. The highest BCUT2D eigenvalue weighted by atomic mass is 127. The van der Waals surface area contributed by atoms with Crippen LogP contribution in [0.5, 0.6) is 5.88 Å². The molecule has 4 rings (SSSR count). The Morgan fingerprint density at radius 1 is 1.33 bits per heavy atom. The monoisotopic (exact) mass is 569 g/mol. The molecule has 3 aromatic rings. The van der Waals surface area contributed by atoms with Gasteiger partial charge in [0.2, 0.25) is 5.88 Å². The largest absolute Gasteiger partial charge is 0.481 e. The molecule has 0 aliphatic heterocycles. The number of anilines is 1. The number of hydrogen-bond acceptors (Lipinski definition) is 7. The molecule has 33 heavy (non-hydrogen) atoms. The summed E-state index contributed by atoms with van der Waals surface area (Å²) in [5.41, 5.74) is -0.675. The Hall–Kier alpha value is -2.72. The lowest BCUT2D eigenvalue weighted by atomic mass is 9.98. The molecule has 172 valence electrons. The number of fused-ring (bicyclic) bond motifs is 1. The summed E-state index contributed by atoms with van der Waals surface area (Å²) >= 11 is 1.87. The minimum Gasteiger partial charge on any atom is -0.481 e. The second kappa shape index (κ2) is 8.57. The Labute approximate surface area is 201 Å². The number of nitriles is 1. The van der Waals surface area contributed by atoms with Gasteiger partial charge in [0.05, 0.1) is 29.5 Å². The SMILES string of the molecule is COc1nc2ncnc(N[C@H](I)c3cccc(C(F)(F)[C@@H](C)O)c3F)c2cc1C1(C#N)CC1. The Morgan fingerprint density at radius 2 is 2.06 bits per heavy atom. The molecular formula is C22H19F3IN5O2. The number of alkyl halides is 3. The molecule has 1 fully saturated rings. The van der Waals surface area contributed by atoms with Crippen molar-refractivity contribution in [2.45, 2.75) is 41.3 Å². The van der Waals surface area contributed by atoms with E-state index >= 15 is 4.39 Å². The van der Waals surface area contributed by atoms with Crippen LogP contribution in [0.4, 0.5) is 19.0 Å². The summed E-state index contributed by atoms with van der Waals surface area (Å²) in [6, 6.07) is 7.68. The van der Waals surface area contributed by atoms with E-state index in [1.54, 1.807) is 6.07 Å². The average molecular weight is 569 g/mol. The maximum Gasteiger partial charge on any atom is 0.301 e. The number of nitrogens with one attached hydrogen (secondary N) is 1. The topological polar surface area (TPSA) is 104 Å². The summed E-state index contributed by atoms with van der Waals surface area (Å²) < 4.78 is 48.2. The maximum absolute atomic E-state index is 15.0. The van der Waals surface area contributed by atoms with Crippen molar-refractivity contribution < 1.29 is 23.0 Å². The molecule has 1 aliphatic rings. The number of methoxy groups -OCH3 is 1.